The lowest BCUT2D eigenvalue weighted by atomic mass is 10.2. The smallest absolute Gasteiger partial charge is 0.132 e. The van der Waals surface area contributed by atoms with Crippen LogP contribution in [0.15, 0.2) is 47.1 Å². The van der Waals surface area contributed by atoms with Crippen LogP contribution < -0.4 is 4.90 Å². The normalized spacial score (nSPS) is 9.71. The van der Waals surface area contributed by atoms with Crippen LogP contribution in [0.2, 0.25) is 0 Å². The van der Waals surface area contributed by atoms with Crippen molar-refractivity contribution < 1.29 is 0 Å². The largest absolute Gasteiger partial charge is 0.328 e. The van der Waals surface area contributed by atoms with Gasteiger partial charge in [0.05, 0.1) is 11.3 Å². The highest BCUT2D eigenvalue weighted by Gasteiger charge is 2.09. The topological polar surface area (TPSA) is 39.9 Å². The second-order valence-corrected chi connectivity index (χ2v) is 4.44. The van der Waals surface area contributed by atoms with Crippen molar-refractivity contribution in [2.75, 3.05) is 11.9 Å². The van der Waals surface area contributed by atoms with E-state index >= 15 is 0 Å². The van der Waals surface area contributed by atoms with Crippen molar-refractivity contribution in [3.8, 4) is 6.07 Å². The lowest BCUT2D eigenvalue weighted by molar-refractivity contribution is 1.12. The highest BCUT2D eigenvalue weighted by atomic mass is 79.9. The summed E-state index contributed by atoms with van der Waals surface area (Å²) in [6.45, 7) is 0. The maximum atomic E-state index is 9.05. The Hall–Kier alpha value is -1.86. The quantitative estimate of drug-likeness (QED) is 0.849. The van der Waals surface area contributed by atoms with E-state index in [1.54, 1.807) is 12.3 Å². The van der Waals surface area contributed by atoms with Gasteiger partial charge in [0.1, 0.15) is 11.9 Å². The highest BCUT2D eigenvalue weighted by Crippen LogP contribution is 2.25. The molecule has 17 heavy (non-hydrogen) atoms. The molecule has 0 unspecified atom stereocenters. The van der Waals surface area contributed by atoms with Crippen molar-refractivity contribution in [2.24, 2.45) is 0 Å². The summed E-state index contributed by atoms with van der Waals surface area (Å²) in [6.07, 6.45) is 1.74. The minimum Gasteiger partial charge on any atom is -0.328 e. The lowest BCUT2D eigenvalue weighted by Gasteiger charge is -2.19. The number of hydrogen-bond donors (Lipinski definition) is 0. The summed E-state index contributed by atoms with van der Waals surface area (Å²) < 4.78 is 0.934. The number of rotatable bonds is 2. The van der Waals surface area contributed by atoms with Gasteiger partial charge in [-0.3, -0.25) is 0 Å². The second-order valence-electron chi connectivity index (χ2n) is 3.52. The van der Waals surface area contributed by atoms with E-state index in [0.29, 0.717) is 5.56 Å². The Labute approximate surface area is 108 Å². The molecule has 0 saturated carbocycles. The number of para-hydroxylation sites is 1. The minimum atomic E-state index is 0.639. The molecule has 2 aromatic rings. The van der Waals surface area contributed by atoms with Gasteiger partial charge in [-0.2, -0.15) is 5.26 Å². The molecule has 4 heteroatoms. The molecule has 0 fully saturated rings. The fraction of sp³-hybridized carbons (Fsp3) is 0.0769. The summed E-state index contributed by atoms with van der Waals surface area (Å²) in [6, 6.07) is 13.5. The Bertz CT molecular complexity index is 558. The Morgan fingerprint density at radius 2 is 2.00 bits per heavy atom. The van der Waals surface area contributed by atoms with E-state index < -0.39 is 0 Å². The predicted octanol–water partition coefficient (Wildman–Crippen LogP) is 3.48. The Morgan fingerprint density at radius 3 is 2.65 bits per heavy atom. The van der Waals surface area contributed by atoms with Gasteiger partial charge in [0.2, 0.25) is 0 Å². The fourth-order valence-electron chi connectivity index (χ4n) is 1.55. The van der Waals surface area contributed by atoms with E-state index in [2.05, 4.69) is 27.0 Å². The molecule has 0 bridgehead atoms. The number of benzene rings is 1. The van der Waals surface area contributed by atoms with Gasteiger partial charge in [0.25, 0.3) is 0 Å². The van der Waals surface area contributed by atoms with E-state index in [1.807, 2.05) is 42.3 Å². The second kappa shape index (κ2) is 4.98. The average molecular weight is 288 g/mol. The number of halogens is 1. The molecule has 0 amide bonds. The first kappa shape index (κ1) is 11.6. The van der Waals surface area contributed by atoms with Crippen LogP contribution in [0.4, 0.5) is 11.5 Å². The molecule has 3 nitrogen and oxygen atoms in total. The predicted molar refractivity (Wildman–Crippen MR) is 71.2 cm³/mol. The number of nitriles is 1. The number of nitrogens with zero attached hydrogens (tertiary/aromatic N) is 3. The van der Waals surface area contributed by atoms with Crippen LogP contribution in [-0.2, 0) is 0 Å². The first-order valence-corrected chi connectivity index (χ1v) is 5.86. The van der Waals surface area contributed by atoms with Crippen LogP contribution in [0, 0.1) is 11.3 Å². The zero-order valence-corrected chi connectivity index (χ0v) is 10.8. The fourth-order valence-corrected chi connectivity index (χ4v) is 1.79. The summed E-state index contributed by atoms with van der Waals surface area (Å²) in [5.74, 6) is 0.802. The van der Waals surface area contributed by atoms with Gasteiger partial charge in [-0.1, -0.05) is 12.1 Å². The SMILES string of the molecule is CN(c1ccc(Br)cn1)c1ccccc1C#N. The summed E-state index contributed by atoms with van der Waals surface area (Å²) in [5, 5.41) is 9.05. The average Bonchev–Trinajstić information content (AvgIpc) is 2.39. The van der Waals surface area contributed by atoms with Crippen molar-refractivity contribution in [1.82, 2.24) is 4.98 Å². The molecule has 0 radical (unpaired) electrons. The highest BCUT2D eigenvalue weighted by molar-refractivity contribution is 9.10. The van der Waals surface area contributed by atoms with E-state index in [-0.39, 0.29) is 0 Å². The molecule has 0 aliphatic heterocycles. The van der Waals surface area contributed by atoms with E-state index in [4.69, 9.17) is 5.26 Å². The van der Waals surface area contributed by atoms with Crippen molar-refractivity contribution in [3.63, 3.8) is 0 Å². The number of pyridine rings is 1. The van der Waals surface area contributed by atoms with Crippen LogP contribution in [0.3, 0.4) is 0 Å². The number of hydrogen-bond acceptors (Lipinski definition) is 3. The summed E-state index contributed by atoms with van der Waals surface area (Å²) in [5.41, 5.74) is 1.49. The Kier molecular flexibility index (Phi) is 3.40. The summed E-state index contributed by atoms with van der Waals surface area (Å²) >= 11 is 3.35. The minimum absolute atomic E-state index is 0.639. The molecule has 0 atom stereocenters. The van der Waals surface area contributed by atoms with Gasteiger partial charge in [-0.05, 0) is 40.2 Å². The van der Waals surface area contributed by atoms with Gasteiger partial charge in [-0.15, -0.1) is 0 Å². The first-order chi connectivity index (χ1) is 8.22. The summed E-state index contributed by atoms with van der Waals surface area (Å²) in [4.78, 5) is 6.19. The molecule has 2 rings (SSSR count). The number of aromatic nitrogens is 1. The summed E-state index contributed by atoms with van der Waals surface area (Å²) in [7, 11) is 1.90. The molecule has 0 N–H and O–H groups in total. The third kappa shape index (κ3) is 2.45. The zero-order chi connectivity index (χ0) is 12.3. The van der Waals surface area contributed by atoms with Crippen LogP contribution >= 0.6 is 15.9 Å². The van der Waals surface area contributed by atoms with Gasteiger partial charge in [0, 0.05) is 17.7 Å². The van der Waals surface area contributed by atoms with Crippen LogP contribution in [-0.4, -0.2) is 12.0 Å². The molecule has 0 aliphatic rings. The van der Waals surface area contributed by atoms with Crippen LogP contribution in [0.1, 0.15) is 5.56 Å². The Morgan fingerprint density at radius 1 is 1.24 bits per heavy atom. The molecule has 1 aromatic carbocycles. The zero-order valence-electron chi connectivity index (χ0n) is 9.26. The molecule has 1 heterocycles. The lowest BCUT2D eigenvalue weighted by Crippen LogP contribution is -2.12. The van der Waals surface area contributed by atoms with E-state index in [1.165, 1.54) is 0 Å². The van der Waals surface area contributed by atoms with Crippen molar-refractivity contribution >= 4 is 27.4 Å². The van der Waals surface area contributed by atoms with Crippen molar-refractivity contribution in [1.29, 1.82) is 5.26 Å². The molecular weight excluding hydrogens is 278 g/mol. The standard InChI is InChI=1S/C13H10BrN3/c1-17(13-7-6-11(14)9-16-13)12-5-3-2-4-10(12)8-15/h2-7,9H,1H3. The van der Waals surface area contributed by atoms with Crippen molar-refractivity contribution in [3.05, 3.63) is 52.6 Å². The molecule has 0 spiro atoms. The van der Waals surface area contributed by atoms with Crippen molar-refractivity contribution in [2.45, 2.75) is 0 Å². The van der Waals surface area contributed by atoms with Gasteiger partial charge >= 0.3 is 0 Å². The van der Waals surface area contributed by atoms with Crippen LogP contribution in [0.25, 0.3) is 0 Å². The third-order valence-corrected chi connectivity index (χ3v) is 2.91. The molecular formula is C13H10BrN3. The van der Waals surface area contributed by atoms with Gasteiger partial charge in [-0.25, -0.2) is 4.98 Å². The van der Waals surface area contributed by atoms with E-state index in [9.17, 15) is 0 Å². The first-order valence-electron chi connectivity index (χ1n) is 5.07. The van der Waals surface area contributed by atoms with Gasteiger partial charge < -0.3 is 4.90 Å². The molecule has 0 aliphatic carbocycles. The Balaban J connectivity index is 2.40. The van der Waals surface area contributed by atoms with Crippen LogP contribution in [0.5, 0.6) is 0 Å². The van der Waals surface area contributed by atoms with Gasteiger partial charge in [0.15, 0.2) is 0 Å². The molecule has 0 saturated heterocycles. The monoisotopic (exact) mass is 287 g/mol. The molecule has 1 aromatic heterocycles. The maximum Gasteiger partial charge on any atom is 0.132 e. The molecule has 84 valence electrons. The maximum absolute atomic E-state index is 9.05. The van der Waals surface area contributed by atoms with E-state index in [0.717, 1.165) is 16.0 Å². The third-order valence-electron chi connectivity index (χ3n) is 2.44. The number of anilines is 2.